The quantitative estimate of drug-likeness (QED) is 0.164. The maximum atomic E-state index is 14.2. The lowest BCUT2D eigenvalue weighted by molar-refractivity contribution is -0.441. The lowest BCUT2D eigenvalue weighted by Crippen LogP contribution is -2.70. The minimum absolute atomic E-state index is 0.698. The molecular weight excluding hydrogens is 766 g/mol. The summed E-state index contributed by atoms with van der Waals surface area (Å²) in [4.78, 5) is 0. The average Bonchev–Trinajstić information content (AvgIpc) is 3.25. The third-order valence-corrected chi connectivity index (χ3v) is 6.63. The number of hydrogen-bond donors (Lipinski definition) is 0. The molecule has 0 aromatic carbocycles. The van der Waals surface area contributed by atoms with Gasteiger partial charge in [0.05, 0.1) is 12.7 Å². The molecule has 0 radical (unpaired) electrons. The summed E-state index contributed by atoms with van der Waals surface area (Å²) in [5.41, 5.74) is 0. The summed E-state index contributed by atoms with van der Waals surface area (Å²) in [5, 5.41) is 0. The van der Waals surface area contributed by atoms with Gasteiger partial charge in [0, 0.05) is 25.7 Å². The highest BCUT2D eigenvalue weighted by Gasteiger charge is 2.92. The molecule has 1 atom stereocenters. The molecule has 288 valence electrons. The van der Waals surface area contributed by atoms with Gasteiger partial charge in [0.15, 0.2) is 5.79 Å². The molecule has 0 bridgehead atoms. The van der Waals surface area contributed by atoms with Crippen LogP contribution in [0.25, 0.3) is 0 Å². The highest BCUT2D eigenvalue weighted by atomic mass is 19.4. The Kier molecular flexibility index (Phi) is 10.9. The van der Waals surface area contributed by atoms with Crippen molar-refractivity contribution < 1.29 is 124 Å². The van der Waals surface area contributed by atoms with Crippen molar-refractivity contribution in [2.45, 2.75) is 116 Å². The second-order valence-corrected chi connectivity index (χ2v) is 10.1. The van der Waals surface area contributed by atoms with Crippen LogP contribution >= 0.6 is 0 Å². The van der Waals surface area contributed by atoms with Crippen LogP contribution in [0.1, 0.15) is 32.6 Å². The van der Waals surface area contributed by atoms with Gasteiger partial charge in [0.2, 0.25) is 0 Å². The monoisotopic (exact) mass is 780 g/mol. The SMILES string of the molecule is CC1COC(CCC(F)(F)C(F)(F)C(F)(F)C(F)(F)C(F)(F)C(F)(F)F)(CCC(F)(F)C(F)(F)C(F)(F)C(F)(F)C(F)(F)C(F)(F)F)O1. The van der Waals surface area contributed by atoms with Gasteiger partial charge in [-0.1, -0.05) is 0 Å². The van der Waals surface area contributed by atoms with E-state index in [1.807, 2.05) is 0 Å². The number of rotatable bonds is 14. The molecule has 0 aromatic rings. The zero-order chi connectivity index (χ0) is 39.0. The van der Waals surface area contributed by atoms with Crippen LogP contribution in [0.4, 0.5) is 114 Å². The first-order valence-electron chi connectivity index (χ1n) is 11.7. The third kappa shape index (κ3) is 6.40. The van der Waals surface area contributed by atoms with Gasteiger partial charge >= 0.3 is 71.6 Å². The Hall–Kier alpha value is -1.90. The van der Waals surface area contributed by atoms with E-state index in [4.69, 9.17) is 0 Å². The molecule has 48 heavy (non-hydrogen) atoms. The summed E-state index contributed by atoms with van der Waals surface area (Å²) in [6, 6.07) is 0. The molecule has 28 heteroatoms. The van der Waals surface area contributed by atoms with E-state index in [-0.39, 0.29) is 0 Å². The Morgan fingerprint density at radius 1 is 0.417 bits per heavy atom. The number of hydrogen-bond acceptors (Lipinski definition) is 2. The van der Waals surface area contributed by atoms with Crippen molar-refractivity contribution in [1.82, 2.24) is 0 Å². The summed E-state index contributed by atoms with van der Waals surface area (Å²) < 4.78 is 355. The van der Waals surface area contributed by atoms with Crippen LogP contribution in [-0.2, 0) is 9.47 Å². The maximum Gasteiger partial charge on any atom is 0.460 e. The molecule has 0 N–H and O–H groups in total. The predicted octanol–water partition coefficient (Wildman–Crippen LogP) is 10.2. The average molecular weight is 780 g/mol. The molecule has 2 nitrogen and oxygen atoms in total. The summed E-state index contributed by atoms with van der Waals surface area (Å²) in [7, 11) is 0. The molecule has 1 heterocycles. The zero-order valence-electron chi connectivity index (χ0n) is 22.3. The van der Waals surface area contributed by atoms with Gasteiger partial charge in [0.1, 0.15) is 0 Å². The van der Waals surface area contributed by atoms with E-state index in [1.165, 1.54) is 0 Å². The molecule has 1 saturated heterocycles. The van der Waals surface area contributed by atoms with Crippen LogP contribution in [0.2, 0.25) is 0 Å². The molecule has 1 rings (SSSR count). The number of ether oxygens (including phenoxy) is 2. The fraction of sp³-hybridized carbons (Fsp3) is 1.00. The van der Waals surface area contributed by atoms with Crippen molar-refractivity contribution in [1.29, 1.82) is 0 Å². The van der Waals surface area contributed by atoms with E-state index < -0.39 is 116 Å². The zero-order valence-corrected chi connectivity index (χ0v) is 22.3. The van der Waals surface area contributed by atoms with Crippen LogP contribution in [-0.4, -0.2) is 90.1 Å². The Labute approximate surface area is 247 Å². The van der Waals surface area contributed by atoms with Crippen molar-refractivity contribution in [3.63, 3.8) is 0 Å². The van der Waals surface area contributed by atoms with Gasteiger partial charge in [-0.15, -0.1) is 0 Å². The van der Waals surface area contributed by atoms with E-state index >= 15 is 0 Å². The topological polar surface area (TPSA) is 18.5 Å². The molecular formula is C20H14F26O2. The molecule has 0 aromatic heterocycles. The lowest BCUT2D eigenvalue weighted by Gasteiger charge is -2.41. The Morgan fingerprint density at radius 2 is 0.667 bits per heavy atom. The van der Waals surface area contributed by atoms with E-state index in [2.05, 4.69) is 9.47 Å². The first kappa shape index (κ1) is 44.1. The van der Waals surface area contributed by atoms with E-state index in [9.17, 15) is 114 Å². The number of halogens is 26. The normalized spacial score (nSPS) is 20.4. The standard InChI is InChI=1S/C20H14F26O2/c1-7-6-47-8(48-7,2-4-9(21,22)11(25,26)13(29,30)15(33,34)17(37,38)19(41,42)43)3-5-10(23,24)12(27,28)14(31,32)16(35,36)18(39,40)20(44,45)46/h7H,2-6H2,1H3. The van der Waals surface area contributed by atoms with Gasteiger partial charge < -0.3 is 9.47 Å². The van der Waals surface area contributed by atoms with Crippen LogP contribution in [0.3, 0.4) is 0 Å². The van der Waals surface area contributed by atoms with Crippen molar-refractivity contribution in [3.05, 3.63) is 0 Å². The lowest BCUT2D eigenvalue weighted by atomic mass is 9.88. The molecule has 1 aliphatic heterocycles. The van der Waals surface area contributed by atoms with Gasteiger partial charge in [-0.2, -0.15) is 114 Å². The van der Waals surface area contributed by atoms with Crippen LogP contribution < -0.4 is 0 Å². The van der Waals surface area contributed by atoms with Gasteiger partial charge in [-0.25, -0.2) is 0 Å². The minimum Gasteiger partial charge on any atom is -0.347 e. The van der Waals surface area contributed by atoms with Crippen molar-refractivity contribution in [3.8, 4) is 0 Å². The largest absolute Gasteiger partial charge is 0.460 e. The van der Waals surface area contributed by atoms with Crippen molar-refractivity contribution in [2.75, 3.05) is 6.61 Å². The van der Waals surface area contributed by atoms with Crippen LogP contribution in [0, 0.1) is 0 Å². The molecule has 0 aliphatic carbocycles. The Bertz CT molecular complexity index is 1060. The molecule has 1 unspecified atom stereocenters. The predicted molar refractivity (Wildman–Crippen MR) is 99.3 cm³/mol. The second kappa shape index (κ2) is 11.8. The summed E-state index contributed by atoms with van der Waals surface area (Å²) >= 11 is 0. The summed E-state index contributed by atoms with van der Waals surface area (Å²) in [5.74, 6) is -83.2. The van der Waals surface area contributed by atoms with E-state index in [1.54, 1.807) is 0 Å². The molecule has 0 spiro atoms. The minimum atomic E-state index is -8.37. The van der Waals surface area contributed by atoms with Crippen LogP contribution in [0.5, 0.6) is 0 Å². The molecule has 0 saturated carbocycles. The maximum absolute atomic E-state index is 14.2. The fourth-order valence-electron chi connectivity index (χ4n) is 3.70. The van der Waals surface area contributed by atoms with Gasteiger partial charge in [-0.05, 0) is 6.92 Å². The summed E-state index contributed by atoms with van der Waals surface area (Å²) in [6.07, 6.45) is -28.8. The third-order valence-electron chi connectivity index (χ3n) is 6.63. The smallest absolute Gasteiger partial charge is 0.347 e. The van der Waals surface area contributed by atoms with E-state index in [0.717, 1.165) is 0 Å². The van der Waals surface area contributed by atoms with Crippen LogP contribution in [0.15, 0.2) is 0 Å². The highest BCUT2D eigenvalue weighted by Crippen LogP contribution is 2.63. The first-order valence-corrected chi connectivity index (χ1v) is 11.7. The van der Waals surface area contributed by atoms with Crippen molar-refractivity contribution >= 4 is 0 Å². The van der Waals surface area contributed by atoms with E-state index in [0.29, 0.717) is 6.92 Å². The molecule has 1 aliphatic rings. The Morgan fingerprint density at radius 3 is 0.875 bits per heavy atom. The second-order valence-electron chi connectivity index (χ2n) is 10.1. The fourth-order valence-corrected chi connectivity index (χ4v) is 3.70. The summed E-state index contributed by atoms with van der Waals surface area (Å²) in [6.45, 7) is -0.467. The number of alkyl halides is 26. The molecule has 1 fully saturated rings. The Balaban J connectivity index is 3.46. The highest BCUT2D eigenvalue weighted by molar-refractivity contribution is 5.12. The molecule has 0 amide bonds. The van der Waals surface area contributed by atoms with Gasteiger partial charge in [0.25, 0.3) is 0 Å². The van der Waals surface area contributed by atoms with Gasteiger partial charge in [-0.3, -0.25) is 0 Å². The first-order chi connectivity index (χ1) is 20.5. The van der Waals surface area contributed by atoms with Crippen molar-refractivity contribution in [2.24, 2.45) is 0 Å².